The van der Waals surface area contributed by atoms with E-state index in [1.807, 2.05) is 42.5 Å². The van der Waals surface area contributed by atoms with Gasteiger partial charge in [0, 0.05) is 12.6 Å². The zero-order valence-corrected chi connectivity index (χ0v) is 19.3. The van der Waals surface area contributed by atoms with Crippen molar-refractivity contribution in [2.75, 3.05) is 13.7 Å². The van der Waals surface area contributed by atoms with Crippen LogP contribution in [0.1, 0.15) is 35.7 Å². The van der Waals surface area contributed by atoms with E-state index in [1.54, 1.807) is 19.2 Å². The average molecular weight is 461 g/mol. The van der Waals surface area contributed by atoms with E-state index in [4.69, 9.17) is 9.84 Å². The van der Waals surface area contributed by atoms with Crippen LogP contribution in [-0.2, 0) is 4.79 Å². The van der Waals surface area contributed by atoms with E-state index in [-0.39, 0.29) is 11.5 Å². The molecule has 1 aliphatic rings. The molecular weight excluding hydrogens is 436 g/mol. The van der Waals surface area contributed by atoms with Crippen molar-refractivity contribution in [2.24, 2.45) is 4.99 Å². The summed E-state index contributed by atoms with van der Waals surface area (Å²) in [6, 6.07) is 18.3. The van der Waals surface area contributed by atoms with Crippen LogP contribution in [0.15, 0.2) is 70.6 Å². The maximum atomic E-state index is 13.0. The molecule has 0 spiro atoms. The van der Waals surface area contributed by atoms with Gasteiger partial charge in [-0.1, -0.05) is 43.7 Å². The minimum atomic E-state index is -0.992. The van der Waals surface area contributed by atoms with E-state index < -0.39 is 5.97 Å². The highest BCUT2D eigenvalue weighted by molar-refractivity contribution is 8.18. The number of rotatable bonds is 7. The summed E-state index contributed by atoms with van der Waals surface area (Å²) in [5.41, 5.74) is 1.65. The Morgan fingerprint density at radius 3 is 2.61 bits per heavy atom. The quantitative estimate of drug-likeness (QED) is 0.348. The number of likely N-dealkylation sites (N-methyl/N-ethyl adjacent to an activating group) is 1. The van der Waals surface area contributed by atoms with Gasteiger partial charge in [-0.15, -0.1) is 0 Å². The maximum Gasteiger partial charge on any atom is 0.335 e. The summed E-state index contributed by atoms with van der Waals surface area (Å²) in [5, 5.41) is 11.7. The monoisotopic (exact) mass is 460 g/mol. The van der Waals surface area contributed by atoms with Crippen molar-refractivity contribution >= 4 is 51.3 Å². The molecule has 0 saturated carbocycles. The number of benzene rings is 3. The Balaban J connectivity index is 1.69. The predicted molar refractivity (Wildman–Crippen MR) is 133 cm³/mol. The molecule has 1 N–H and O–H groups in total. The average Bonchev–Trinajstić information content (AvgIpc) is 3.08. The highest BCUT2D eigenvalue weighted by atomic mass is 32.2. The zero-order valence-electron chi connectivity index (χ0n) is 18.4. The van der Waals surface area contributed by atoms with Crippen LogP contribution in [0.25, 0.3) is 16.8 Å². The number of ether oxygens (including phenoxy) is 1. The van der Waals surface area contributed by atoms with Gasteiger partial charge < -0.3 is 9.84 Å². The van der Waals surface area contributed by atoms with E-state index in [1.165, 1.54) is 28.8 Å². The number of nitrogens with zero attached hydrogens (tertiary/aromatic N) is 2. The van der Waals surface area contributed by atoms with Crippen LogP contribution in [0, 0.1) is 0 Å². The molecule has 168 valence electrons. The lowest BCUT2D eigenvalue weighted by atomic mass is 10.0. The molecule has 4 rings (SSSR count). The zero-order chi connectivity index (χ0) is 23.4. The Hall–Kier alpha value is -3.58. The Bertz CT molecular complexity index is 1270. The third-order valence-electron chi connectivity index (χ3n) is 5.30. The fourth-order valence-corrected chi connectivity index (χ4v) is 4.42. The number of amidine groups is 1. The Morgan fingerprint density at radius 2 is 1.88 bits per heavy atom. The lowest BCUT2D eigenvalue weighted by Gasteiger charge is -2.12. The number of carboxylic acid groups (broad SMARTS) is 1. The number of unbranched alkanes of at least 4 members (excludes halogenated alkanes) is 1. The predicted octanol–water partition coefficient (Wildman–Crippen LogP) is 5.95. The molecule has 0 unspecified atom stereocenters. The Morgan fingerprint density at radius 1 is 1.12 bits per heavy atom. The number of carbonyl (C=O) groups excluding carboxylic acids is 1. The number of fused-ring (bicyclic) bond motifs is 1. The Labute approximate surface area is 196 Å². The number of aromatic carboxylic acids is 1. The molecule has 3 aromatic carbocycles. The molecule has 0 aliphatic carbocycles. The second kappa shape index (κ2) is 9.92. The molecule has 1 aliphatic heterocycles. The van der Waals surface area contributed by atoms with Gasteiger partial charge in [-0.3, -0.25) is 9.69 Å². The third kappa shape index (κ3) is 4.93. The number of carbonyl (C=O) groups is 2. The normalized spacial score (nSPS) is 16.2. The van der Waals surface area contributed by atoms with Gasteiger partial charge in [0.05, 0.1) is 22.8 Å². The van der Waals surface area contributed by atoms with Crippen LogP contribution < -0.4 is 4.74 Å². The molecule has 6 nitrogen and oxygen atoms in total. The van der Waals surface area contributed by atoms with Crippen LogP contribution in [0.2, 0.25) is 0 Å². The second-order valence-electron chi connectivity index (χ2n) is 7.62. The first-order valence-corrected chi connectivity index (χ1v) is 11.5. The van der Waals surface area contributed by atoms with Gasteiger partial charge in [-0.25, -0.2) is 9.79 Å². The highest BCUT2D eigenvalue weighted by Crippen LogP contribution is 2.37. The van der Waals surface area contributed by atoms with Crippen LogP contribution >= 0.6 is 11.8 Å². The van der Waals surface area contributed by atoms with Crippen LogP contribution in [0.5, 0.6) is 5.75 Å². The minimum Gasteiger partial charge on any atom is -0.493 e. The first-order valence-electron chi connectivity index (χ1n) is 10.7. The van der Waals surface area contributed by atoms with Gasteiger partial charge >= 0.3 is 5.97 Å². The SMILES string of the molecule is CCCCOc1ccc2ccccc2c1/C=C1/SC(=Nc2ccc(C(=O)O)cc2)N(C)C1=O. The first-order chi connectivity index (χ1) is 16.0. The van der Waals surface area contributed by atoms with Crippen molar-refractivity contribution in [2.45, 2.75) is 19.8 Å². The van der Waals surface area contributed by atoms with Crippen molar-refractivity contribution in [1.29, 1.82) is 0 Å². The van der Waals surface area contributed by atoms with Crippen molar-refractivity contribution < 1.29 is 19.4 Å². The lowest BCUT2D eigenvalue weighted by molar-refractivity contribution is -0.121. The first kappa shape index (κ1) is 22.6. The van der Waals surface area contributed by atoms with Gasteiger partial charge in [-0.2, -0.15) is 0 Å². The minimum absolute atomic E-state index is 0.145. The molecule has 1 saturated heterocycles. The maximum absolute atomic E-state index is 13.0. The summed E-state index contributed by atoms with van der Waals surface area (Å²) >= 11 is 1.29. The van der Waals surface area contributed by atoms with E-state index in [0.717, 1.165) is 34.9 Å². The van der Waals surface area contributed by atoms with Gasteiger partial charge in [0.15, 0.2) is 5.17 Å². The smallest absolute Gasteiger partial charge is 0.335 e. The molecule has 0 aromatic heterocycles. The number of thioether (sulfide) groups is 1. The number of carboxylic acids is 1. The summed E-state index contributed by atoms with van der Waals surface area (Å²) < 4.78 is 6.05. The van der Waals surface area contributed by atoms with Crippen LogP contribution in [-0.4, -0.2) is 40.7 Å². The fourth-order valence-electron chi connectivity index (χ4n) is 3.45. The molecule has 0 radical (unpaired) electrons. The van der Waals surface area contributed by atoms with E-state index in [0.29, 0.717) is 22.4 Å². The summed E-state index contributed by atoms with van der Waals surface area (Å²) in [6.07, 6.45) is 3.87. The standard InChI is InChI=1S/C26H24N2O4S/c1-3-4-15-32-22-14-11-17-7-5-6-8-20(17)21(22)16-23-24(29)28(2)26(33-23)27-19-12-9-18(10-13-19)25(30)31/h5-14,16H,3-4,15H2,1-2H3,(H,30,31)/b23-16+,27-26?. The topological polar surface area (TPSA) is 79.2 Å². The van der Waals surface area contributed by atoms with Crippen LogP contribution in [0.3, 0.4) is 0 Å². The third-order valence-corrected chi connectivity index (χ3v) is 6.36. The van der Waals surface area contributed by atoms with Gasteiger partial charge in [-0.05, 0) is 65.4 Å². The molecule has 0 atom stereocenters. The Kier molecular flexibility index (Phi) is 6.79. The molecule has 1 fully saturated rings. The molecule has 7 heteroatoms. The summed E-state index contributed by atoms with van der Waals surface area (Å²) in [4.78, 5) is 30.7. The van der Waals surface area contributed by atoms with Crippen molar-refractivity contribution in [3.8, 4) is 5.75 Å². The fraction of sp³-hybridized carbons (Fsp3) is 0.192. The van der Waals surface area contributed by atoms with Gasteiger partial charge in [0.1, 0.15) is 5.75 Å². The molecule has 3 aromatic rings. The largest absolute Gasteiger partial charge is 0.493 e. The number of aliphatic imine (C=N–C) groups is 1. The van der Waals surface area contributed by atoms with Gasteiger partial charge in [0.2, 0.25) is 0 Å². The molecule has 33 heavy (non-hydrogen) atoms. The summed E-state index contributed by atoms with van der Waals surface area (Å²) in [6.45, 7) is 2.73. The molecule has 1 amide bonds. The molecule has 0 bridgehead atoms. The molecular formula is C26H24N2O4S. The van der Waals surface area contributed by atoms with E-state index in [9.17, 15) is 9.59 Å². The van der Waals surface area contributed by atoms with Crippen molar-refractivity contribution in [3.05, 3.63) is 76.7 Å². The van der Waals surface area contributed by atoms with Crippen molar-refractivity contribution in [3.63, 3.8) is 0 Å². The number of hydrogen-bond donors (Lipinski definition) is 1. The van der Waals surface area contributed by atoms with E-state index in [2.05, 4.69) is 11.9 Å². The summed E-state index contributed by atoms with van der Waals surface area (Å²) in [5.74, 6) is -0.386. The number of hydrogen-bond acceptors (Lipinski definition) is 5. The van der Waals surface area contributed by atoms with Crippen LogP contribution in [0.4, 0.5) is 5.69 Å². The van der Waals surface area contributed by atoms with Gasteiger partial charge in [0.25, 0.3) is 5.91 Å². The second-order valence-corrected chi connectivity index (χ2v) is 8.63. The summed E-state index contributed by atoms with van der Waals surface area (Å²) in [7, 11) is 1.68. The lowest BCUT2D eigenvalue weighted by Crippen LogP contribution is -2.23. The van der Waals surface area contributed by atoms with Crippen molar-refractivity contribution in [1.82, 2.24) is 4.90 Å². The highest BCUT2D eigenvalue weighted by Gasteiger charge is 2.31. The van der Waals surface area contributed by atoms with E-state index >= 15 is 0 Å². The number of amides is 1. The molecule has 1 heterocycles.